The van der Waals surface area contributed by atoms with Crippen LogP contribution in [0.5, 0.6) is 11.5 Å². The second kappa shape index (κ2) is 3.73. The zero-order valence-electron chi connectivity index (χ0n) is 8.60. The summed E-state index contributed by atoms with van der Waals surface area (Å²) in [4.78, 5) is 10.9. The third-order valence-electron chi connectivity index (χ3n) is 2.43. The van der Waals surface area contributed by atoms with Crippen molar-refractivity contribution in [3.05, 3.63) is 35.9 Å². The Labute approximate surface area is 91.7 Å². The molecule has 2 aromatic carbocycles. The maximum absolute atomic E-state index is 10.9. The summed E-state index contributed by atoms with van der Waals surface area (Å²) in [5, 5.41) is 19.9. The van der Waals surface area contributed by atoms with Crippen LogP contribution in [0.2, 0.25) is 0 Å². The van der Waals surface area contributed by atoms with Gasteiger partial charge in [-0.1, -0.05) is 24.3 Å². The minimum atomic E-state index is -1.18. The van der Waals surface area contributed by atoms with Crippen LogP contribution in [-0.2, 0) is 0 Å². The molecule has 0 radical (unpaired) electrons. The van der Waals surface area contributed by atoms with Gasteiger partial charge in [-0.25, -0.2) is 4.79 Å². The Morgan fingerprint density at radius 3 is 2.44 bits per heavy atom. The summed E-state index contributed by atoms with van der Waals surface area (Å²) in [5.74, 6) is -0.976. The van der Waals surface area contributed by atoms with Crippen molar-refractivity contribution < 1.29 is 19.7 Å². The Bertz CT molecular complexity index is 560. The number of rotatable bonds is 2. The molecule has 0 saturated heterocycles. The second-order valence-corrected chi connectivity index (χ2v) is 3.33. The number of phenols is 1. The molecule has 0 spiro atoms. The van der Waals surface area contributed by atoms with Crippen molar-refractivity contribution in [2.45, 2.75) is 0 Å². The average molecular weight is 218 g/mol. The van der Waals surface area contributed by atoms with Crippen molar-refractivity contribution in [2.75, 3.05) is 7.11 Å². The number of methoxy groups -OCH3 is 1. The van der Waals surface area contributed by atoms with Gasteiger partial charge in [0.05, 0.1) is 7.11 Å². The number of ether oxygens (including phenoxy) is 1. The van der Waals surface area contributed by atoms with Crippen molar-refractivity contribution in [1.82, 2.24) is 0 Å². The molecule has 0 fully saturated rings. The number of carboxylic acids is 1. The van der Waals surface area contributed by atoms with E-state index in [1.807, 2.05) is 0 Å². The van der Waals surface area contributed by atoms with Crippen molar-refractivity contribution >= 4 is 16.7 Å². The molecule has 0 aliphatic rings. The number of hydrogen-bond acceptors (Lipinski definition) is 3. The van der Waals surface area contributed by atoms with E-state index in [4.69, 9.17) is 9.84 Å². The van der Waals surface area contributed by atoms with Crippen LogP contribution in [-0.4, -0.2) is 23.3 Å². The first kappa shape index (κ1) is 10.3. The summed E-state index contributed by atoms with van der Waals surface area (Å²) in [6.45, 7) is 0. The van der Waals surface area contributed by atoms with E-state index in [1.54, 1.807) is 24.3 Å². The van der Waals surface area contributed by atoms with Crippen molar-refractivity contribution in [1.29, 1.82) is 0 Å². The second-order valence-electron chi connectivity index (χ2n) is 3.33. The van der Waals surface area contributed by atoms with Gasteiger partial charge < -0.3 is 14.9 Å². The minimum absolute atomic E-state index is 0.157. The van der Waals surface area contributed by atoms with Gasteiger partial charge in [0.1, 0.15) is 17.1 Å². The van der Waals surface area contributed by atoms with Gasteiger partial charge >= 0.3 is 5.97 Å². The van der Waals surface area contributed by atoms with E-state index in [2.05, 4.69) is 0 Å². The fourth-order valence-corrected chi connectivity index (χ4v) is 1.66. The third kappa shape index (κ3) is 1.44. The lowest BCUT2D eigenvalue weighted by Crippen LogP contribution is -1.98. The molecule has 2 rings (SSSR count). The molecule has 16 heavy (non-hydrogen) atoms. The molecular formula is C12H10O4. The number of benzene rings is 2. The highest BCUT2D eigenvalue weighted by Gasteiger charge is 2.16. The van der Waals surface area contributed by atoms with Gasteiger partial charge in [-0.05, 0) is 6.07 Å². The molecule has 0 atom stereocenters. The summed E-state index contributed by atoms with van der Waals surface area (Å²) in [6.07, 6.45) is 0. The Hall–Kier alpha value is -2.23. The molecule has 0 aromatic heterocycles. The predicted molar refractivity (Wildman–Crippen MR) is 59.1 cm³/mol. The fraction of sp³-hybridized carbons (Fsp3) is 0.0833. The summed E-state index contributed by atoms with van der Waals surface area (Å²) < 4.78 is 5.10. The molecule has 0 bridgehead atoms. The molecule has 2 N–H and O–H groups in total. The quantitative estimate of drug-likeness (QED) is 0.811. The molecule has 0 saturated carbocycles. The van der Waals surface area contributed by atoms with E-state index in [0.29, 0.717) is 16.5 Å². The first-order chi connectivity index (χ1) is 7.65. The van der Waals surface area contributed by atoms with E-state index >= 15 is 0 Å². The van der Waals surface area contributed by atoms with Gasteiger partial charge in [0.2, 0.25) is 0 Å². The standard InChI is InChI=1S/C12H10O4/c1-16-10-6-9(12(14)15)11(13)8-5-3-2-4-7(8)10/h2-6,13H,1H3,(H,14,15). The summed E-state index contributed by atoms with van der Waals surface area (Å²) in [6, 6.07) is 8.26. The van der Waals surface area contributed by atoms with E-state index in [-0.39, 0.29) is 11.3 Å². The SMILES string of the molecule is COc1cc(C(=O)O)c(O)c2ccccc12. The van der Waals surface area contributed by atoms with Crippen LogP contribution in [0.4, 0.5) is 0 Å². The highest BCUT2D eigenvalue weighted by Crippen LogP contribution is 2.35. The van der Waals surface area contributed by atoms with Crippen LogP contribution in [0.15, 0.2) is 30.3 Å². The molecule has 0 aliphatic heterocycles. The van der Waals surface area contributed by atoms with Crippen molar-refractivity contribution in [3.8, 4) is 11.5 Å². The van der Waals surface area contributed by atoms with Gasteiger partial charge in [0.25, 0.3) is 0 Å². The monoisotopic (exact) mass is 218 g/mol. The Morgan fingerprint density at radius 2 is 1.88 bits per heavy atom. The molecule has 0 aliphatic carbocycles. The molecule has 0 unspecified atom stereocenters. The lowest BCUT2D eigenvalue weighted by molar-refractivity contribution is 0.0693. The number of carboxylic acid groups (broad SMARTS) is 1. The Kier molecular flexibility index (Phi) is 2.40. The van der Waals surface area contributed by atoms with E-state index < -0.39 is 5.97 Å². The summed E-state index contributed by atoms with van der Waals surface area (Å²) >= 11 is 0. The Balaban J connectivity index is 2.88. The molecule has 4 heteroatoms. The highest BCUT2D eigenvalue weighted by atomic mass is 16.5. The smallest absolute Gasteiger partial charge is 0.339 e. The van der Waals surface area contributed by atoms with Gasteiger partial charge in [-0.2, -0.15) is 0 Å². The van der Waals surface area contributed by atoms with E-state index in [9.17, 15) is 9.90 Å². The van der Waals surface area contributed by atoms with Crippen LogP contribution >= 0.6 is 0 Å². The fourth-order valence-electron chi connectivity index (χ4n) is 1.66. The molecule has 0 amide bonds. The lowest BCUT2D eigenvalue weighted by atomic mass is 10.0. The number of carbonyl (C=O) groups is 1. The maximum Gasteiger partial charge on any atom is 0.339 e. The zero-order valence-corrected chi connectivity index (χ0v) is 8.60. The van der Waals surface area contributed by atoms with E-state index in [1.165, 1.54) is 13.2 Å². The van der Waals surface area contributed by atoms with E-state index in [0.717, 1.165) is 0 Å². The van der Waals surface area contributed by atoms with Crippen LogP contribution in [0.3, 0.4) is 0 Å². The van der Waals surface area contributed by atoms with Crippen molar-refractivity contribution in [2.24, 2.45) is 0 Å². The first-order valence-corrected chi connectivity index (χ1v) is 4.67. The van der Waals surface area contributed by atoms with Crippen LogP contribution < -0.4 is 4.74 Å². The van der Waals surface area contributed by atoms with Gasteiger partial charge in [-0.15, -0.1) is 0 Å². The maximum atomic E-state index is 10.9. The molecule has 2 aromatic rings. The number of hydrogen-bond donors (Lipinski definition) is 2. The predicted octanol–water partition coefficient (Wildman–Crippen LogP) is 2.25. The minimum Gasteiger partial charge on any atom is -0.506 e. The van der Waals surface area contributed by atoms with Gasteiger partial charge in [0.15, 0.2) is 0 Å². The molecular weight excluding hydrogens is 208 g/mol. The highest BCUT2D eigenvalue weighted by molar-refractivity contribution is 6.03. The Morgan fingerprint density at radius 1 is 1.25 bits per heavy atom. The number of aromatic hydroxyl groups is 1. The van der Waals surface area contributed by atoms with Crippen LogP contribution in [0.25, 0.3) is 10.8 Å². The molecule has 4 nitrogen and oxygen atoms in total. The summed E-state index contributed by atoms with van der Waals surface area (Å²) in [5.41, 5.74) is -0.157. The number of aromatic carboxylic acids is 1. The van der Waals surface area contributed by atoms with Gasteiger partial charge in [0, 0.05) is 10.8 Å². The average Bonchev–Trinajstić information content (AvgIpc) is 2.29. The van der Waals surface area contributed by atoms with Crippen LogP contribution in [0, 0.1) is 0 Å². The molecule has 0 heterocycles. The number of fused-ring (bicyclic) bond motifs is 1. The normalized spacial score (nSPS) is 10.3. The molecule has 82 valence electrons. The van der Waals surface area contributed by atoms with Gasteiger partial charge in [-0.3, -0.25) is 0 Å². The van der Waals surface area contributed by atoms with Crippen LogP contribution in [0.1, 0.15) is 10.4 Å². The first-order valence-electron chi connectivity index (χ1n) is 4.67. The largest absolute Gasteiger partial charge is 0.506 e. The lowest BCUT2D eigenvalue weighted by Gasteiger charge is -2.09. The third-order valence-corrected chi connectivity index (χ3v) is 2.43. The van der Waals surface area contributed by atoms with Crippen molar-refractivity contribution in [3.63, 3.8) is 0 Å². The topological polar surface area (TPSA) is 66.8 Å². The summed E-state index contributed by atoms with van der Waals surface area (Å²) in [7, 11) is 1.46. The zero-order chi connectivity index (χ0) is 11.7.